The van der Waals surface area contributed by atoms with Gasteiger partial charge in [-0.05, 0) is 92.2 Å². The van der Waals surface area contributed by atoms with Crippen molar-refractivity contribution in [2.24, 2.45) is 33.5 Å². The van der Waals surface area contributed by atoms with Gasteiger partial charge in [0.2, 0.25) is 0 Å². The summed E-state index contributed by atoms with van der Waals surface area (Å²) in [6.07, 6.45) is 5.47. The number of fused-ring (bicyclic) bond motifs is 1. The van der Waals surface area contributed by atoms with Gasteiger partial charge in [0.05, 0.1) is 30.0 Å². The number of ketones is 1. The maximum Gasteiger partial charge on any atom is 0.416 e. The lowest BCUT2D eigenvalue weighted by Crippen LogP contribution is -2.67. The number of hydrogen-bond donors (Lipinski definition) is 4. The van der Waals surface area contributed by atoms with Gasteiger partial charge in [-0.1, -0.05) is 50.3 Å². The van der Waals surface area contributed by atoms with E-state index >= 15 is 0 Å². The molecule has 2 bridgehead atoms. The number of aliphatic hydroxyl groups excluding tert-OH is 3. The van der Waals surface area contributed by atoms with Gasteiger partial charge in [-0.3, -0.25) is 9.69 Å². The smallest absolute Gasteiger partial charge is 0.394 e. The molecule has 3 saturated carbocycles. The number of allylic oxidation sites excluding steroid dienone is 4. The molecule has 0 amide bonds. The molecule has 4 N–H and O–H groups in total. The van der Waals surface area contributed by atoms with Crippen LogP contribution in [0.2, 0.25) is 0 Å². The van der Waals surface area contributed by atoms with E-state index in [9.17, 15) is 38.4 Å². The summed E-state index contributed by atoms with van der Waals surface area (Å²) in [6.45, 7) is 5.11. The molecule has 6 nitrogen and oxygen atoms in total. The molecule has 1 aromatic carbocycles. The number of rotatable bonds is 10. The van der Waals surface area contributed by atoms with Gasteiger partial charge in [0, 0.05) is 51.9 Å². The summed E-state index contributed by atoms with van der Waals surface area (Å²) in [5.41, 5.74) is -3.82. The highest BCUT2D eigenvalue weighted by Gasteiger charge is 2.74. The van der Waals surface area contributed by atoms with Crippen molar-refractivity contribution in [3.63, 3.8) is 0 Å². The molecule has 266 valence electrons. The van der Waals surface area contributed by atoms with Gasteiger partial charge in [-0.2, -0.15) is 13.2 Å². The molecule has 10 heteroatoms. The molecule has 2 spiro atoms. The zero-order valence-electron chi connectivity index (χ0n) is 28.3. The molecule has 3 fully saturated rings. The monoisotopic (exact) mass is 699 g/mol. The average Bonchev–Trinajstić information content (AvgIpc) is 3.68. The Morgan fingerprint density at radius 1 is 1.04 bits per heavy atom. The normalized spacial score (nSPS) is 38.6. The second-order valence-corrected chi connectivity index (χ2v) is 17.2. The van der Waals surface area contributed by atoms with Crippen LogP contribution in [0, 0.1) is 33.5 Å². The summed E-state index contributed by atoms with van der Waals surface area (Å²) in [7, 11) is 0. The van der Waals surface area contributed by atoms with Crippen LogP contribution in [0.25, 0.3) is 0 Å². The summed E-state index contributed by atoms with van der Waals surface area (Å²) >= 11 is 1.65. The molecule has 6 aliphatic rings. The number of benzene rings is 1. The number of alkyl halides is 3. The first kappa shape index (κ1) is 35.1. The Morgan fingerprint density at radius 2 is 1.78 bits per heavy atom. The summed E-state index contributed by atoms with van der Waals surface area (Å²) in [6, 6.07) is 8.76. The number of Topliss-reactive ketones (excluding diaryl/α,β-unsaturated/α-hetero) is 1. The molecule has 1 aromatic heterocycles. The minimum atomic E-state index is -4.59. The van der Waals surface area contributed by atoms with E-state index < -0.39 is 51.6 Å². The van der Waals surface area contributed by atoms with Crippen molar-refractivity contribution < 1.29 is 38.4 Å². The maximum atomic E-state index is 14.7. The van der Waals surface area contributed by atoms with Crippen LogP contribution in [0.15, 0.2) is 65.6 Å². The number of hydrogen-bond acceptors (Lipinski definition) is 7. The number of thiophene rings is 1. The number of halogens is 3. The Balaban J connectivity index is 1.29. The van der Waals surface area contributed by atoms with Crippen LogP contribution in [0.5, 0.6) is 0 Å². The minimum absolute atomic E-state index is 0.00268. The fourth-order valence-corrected chi connectivity index (χ4v) is 12.0. The fraction of sp³-hybridized carbons (Fsp3) is 0.615. The Morgan fingerprint density at radius 3 is 2.49 bits per heavy atom. The highest BCUT2D eigenvalue weighted by atomic mass is 32.1. The third-order valence-corrected chi connectivity index (χ3v) is 14.8. The number of carbonyl (C=O) groups is 1. The number of aliphatic hydroxyl groups is 4. The van der Waals surface area contributed by atoms with Crippen molar-refractivity contribution in [1.82, 2.24) is 4.90 Å². The summed E-state index contributed by atoms with van der Waals surface area (Å²) in [4.78, 5) is 17.9. The molecule has 2 aromatic rings. The first-order chi connectivity index (χ1) is 23.1. The highest BCUT2D eigenvalue weighted by Crippen LogP contribution is 2.78. The third-order valence-electron chi connectivity index (χ3n) is 13.8. The summed E-state index contributed by atoms with van der Waals surface area (Å²) in [5, 5.41) is 45.9. The van der Waals surface area contributed by atoms with Crippen molar-refractivity contribution in [3.8, 4) is 0 Å². The van der Waals surface area contributed by atoms with Crippen molar-refractivity contribution >= 4 is 17.1 Å². The molecule has 1 unspecified atom stereocenters. The summed E-state index contributed by atoms with van der Waals surface area (Å²) in [5.74, 6) is -0.561. The minimum Gasteiger partial charge on any atom is -0.394 e. The van der Waals surface area contributed by atoms with Gasteiger partial charge in [-0.25, -0.2) is 0 Å². The first-order valence-corrected chi connectivity index (χ1v) is 18.6. The molecule has 6 aliphatic carbocycles. The molecular formula is C39H48F3NO5S. The van der Waals surface area contributed by atoms with Crippen molar-refractivity contribution in [3.05, 3.63) is 81.6 Å². The number of carbonyl (C=O) groups excluding carboxylic acids is 1. The van der Waals surface area contributed by atoms with E-state index in [-0.39, 0.29) is 36.0 Å². The lowest BCUT2D eigenvalue weighted by atomic mass is 9.32. The lowest BCUT2D eigenvalue weighted by Gasteiger charge is -2.71. The van der Waals surface area contributed by atoms with Gasteiger partial charge in [0.1, 0.15) is 0 Å². The number of nitrogens with zero attached hydrogens (tertiary/aromatic N) is 1. The van der Waals surface area contributed by atoms with E-state index in [0.717, 1.165) is 37.8 Å². The van der Waals surface area contributed by atoms with Gasteiger partial charge in [0.15, 0.2) is 5.78 Å². The van der Waals surface area contributed by atoms with E-state index in [1.54, 1.807) is 11.3 Å². The molecule has 1 heterocycles. The van der Waals surface area contributed by atoms with Crippen LogP contribution in [-0.4, -0.2) is 75.2 Å². The largest absolute Gasteiger partial charge is 0.416 e. The van der Waals surface area contributed by atoms with E-state index in [2.05, 4.69) is 37.0 Å². The second kappa shape index (κ2) is 12.1. The Labute approximate surface area is 290 Å². The van der Waals surface area contributed by atoms with E-state index in [0.29, 0.717) is 44.3 Å². The van der Waals surface area contributed by atoms with Crippen LogP contribution in [0.1, 0.15) is 79.6 Å². The zero-order chi connectivity index (χ0) is 35.0. The van der Waals surface area contributed by atoms with Crippen molar-refractivity contribution in [1.29, 1.82) is 0 Å². The molecule has 0 radical (unpaired) electrons. The second-order valence-electron chi connectivity index (χ2n) is 16.1. The van der Waals surface area contributed by atoms with E-state index in [1.165, 1.54) is 17.0 Å². The average molecular weight is 700 g/mol. The highest BCUT2D eigenvalue weighted by molar-refractivity contribution is 7.09. The van der Waals surface area contributed by atoms with Gasteiger partial charge in [0.25, 0.3) is 0 Å². The fourth-order valence-electron chi connectivity index (χ4n) is 11.3. The van der Waals surface area contributed by atoms with Crippen LogP contribution in [0.3, 0.4) is 0 Å². The molecule has 49 heavy (non-hydrogen) atoms. The van der Waals surface area contributed by atoms with Crippen LogP contribution in [-0.2, 0) is 12.6 Å². The van der Waals surface area contributed by atoms with Crippen molar-refractivity contribution in [2.75, 3.05) is 26.2 Å². The van der Waals surface area contributed by atoms with Gasteiger partial charge >= 0.3 is 6.18 Å². The predicted molar refractivity (Wildman–Crippen MR) is 182 cm³/mol. The topological polar surface area (TPSA) is 101 Å². The van der Waals surface area contributed by atoms with Crippen LogP contribution in [0.4, 0.5) is 13.2 Å². The van der Waals surface area contributed by atoms with E-state index in [1.807, 2.05) is 17.5 Å². The molecule has 0 aliphatic heterocycles. The molecule has 8 rings (SSSR count). The lowest BCUT2D eigenvalue weighted by molar-refractivity contribution is -0.177. The zero-order valence-corrected chi connectivity index (χ0v) is 29.1. The first-order valence-electron chi connectivity index (χ1n) is 17.7. The SMILES string of the molecule is C[C@]12CC[C@H]3[C@]4(C=C[C@@]5(C=C4C(=O)c4cccc(C(F)(F)F)c4)CC(O)CC[C@]35C)[C@@H]1CC[C@@]2(O)CN(CCc1cccs1)C[C@H](O)CO. The van der Waals surface area contributed by atoms with Crippen LogP contribution >= 0.6 is 11.3 Å². The Hall–Kier alpha value is -2.34. The Kier molecular flexibility index (Phi) is 8.68. The quantitative estimate of drug-likeness (QED) is 0.168. The third kappa shape index (κ3) is 5.34. The van der Waals surface area contributed by atoms with Crippen LogP contribution < -0.4 is 0 Å². The molecule has 0 saturated heterocycles. The van der Waals surface area contributed by atoms with Gasteiger partial charge in [-0.15, -0.1) is 11.3 Å². The maximum absolute atomic E-state index is 14.7. The predicted octanol–water partition coefficient (Wildman–Crippen LogP) is 6.44. The van der Waals surface area contributed by atoms with Gasteiger partial charge < -0.3 is 20.4 Å². The van der Waals surface area contributed by atoms with Crippen molar-refractivity contribution in [2.45, 2.75) is 89.2 Å². The summed E-state index contributed by atoms with van der Waals surface area (Å²) < 4.78 is 41.5. The molecular weight excluding hydrogens is 651 g/mol. The Bertz CT molecular complexity index is 1640. The molecule has 9 atom stereocenters. The van der Waals surface area contributed by atoms with E-state index in [4.69, 9.17) is 0 Å². The standard InChI is InChI=1S/C39H48F3NO5S/c1-34-12-8-27(45)20-36(34)15-16-38(30(21-36)33(47)25-5-3-6-26(19-25)39(40,41)42)31(34)9-13-35(2)32(38)10-14-37(35,48)24-43(22-28(46)23-44)17-11-29-7-4-18-49-29/h3-7,15-16,18-19,21,27-28,31-32,44-46,48H,8-14,17,20,22-24H2,1-2H3/t27?,28-,31+,32+,34+,35-,36-,37+,38+/m0/s1.